The van der Waals surface area contributed by atoms with Crippen molar-refractivity contribution in [2.45, 2.75) is 25.2 Å². The molecule has 2 heterocycles. The maximum Gasteiger partial charge on any atom is 0.433 e. The van der Waals surface area contributed by atoms with E-state index in [-0.39, 0.29) is 31.5 Å². The van der Waals surface area contributed by atoms with Gasteiger partial charge < -0.3 is 4.90 Å². The first kappa shape index (κ1) is 13.8. The quantitative estimate of drug-likeness (QED) is 0.739. The molecule has 1 amide bonds. The molecule has 0 radical (unpaired) electrons. The highest BCUT2D eigenvalue weighted by Gasteiger charge is 2.32. The molecule has 0 saturated carbocycles. The van der Waals surface area contributed by atoms with Crippen LogP contribution in [-0.4, -0.2) is 35.1 Å². The van der Waals surface area contributed by atoms with E-state index in [2.05, 4.69) is 4.98 Å². The van der Waals surface area contributed by atoms with Crippen LogP contribution in [0, 0.1) is 0 Å². The van der Waals surface area contributed by atoms with E-state index in [0.29, 0.717) is 0 Å². The predicted molar refractivity (Wildman–Crippen MR) is 59.3 cm³/mol. The Hall–Kier alpha value is -1.66. The van der Waals surface area contributed by atoms with Crippen molar-refractivity contribution in [3.05, 3.63) is 29.6 Å². The number of carbonyl (C=O) groups excluding carboxylic acids is 1. The summed E-state index contributed by atoms with van der Waals surface area (Å²) in [4.78, 5) is 16.6. The first-order valence-corrected chi connectivity index (χ1v) is 5.84. The monoisotopic (exact) mass is 276 g/mol. The lowest BCUT2D eigenvalue weighted by Crippen LogP contribution is -2.39. The molecular weight excluding hydrogens is 264 g/mol. The second-order valence-corrected chi connectivity index (χ2v) is 4.40. The number of carbonyl (C=O) groups is 1. The largest absolute Gasteiger partial charge is 0.433 e. The molecule has 0 spiro atoms. The fraction of sp³-hybridized carbons (Fsp3) is 0.500. The van der Waals surface area contributed by atoms with Crippen LogP contribution in [0.25, 0.3) is 0 Å². The van der Waals surface area contributed by atoms with Crippen molar-refractivity contribution in [3.63, 3.8) is 0 Å². The third-order valence-electron chi connectivity index (χ3n) is 3.01. The molecule has 1 aliphatic rings. The highest BCUT2D eigenvalue weighted by Crippen LogP contribution is 2.27. The molecule has 1 fully saturated rings. The van der Waals surface area contributed by atoms with Crippen LogP contribution in [-0.2, 0) is 6.18 Å². The number of rotatable bonds is 1. The second-order valence-electron chi connectivity index (χ2n) is 4.40. The van der Waals surface area contributed by atoms with Gasteiger partial charge in [0, 0.05) is 19.3 Å². The number of likely N-dealkylation sites (tertiary alicyclic amines) is 1. The molecule has 2 rings (SSSR count). The van der Waals surface area contributed by atoms with Gasteiger partial charge in [-0.1, -0.05) is 0 Å². The first-order valence-electron chi connectivity index (χ1n) is 5.84. The smallest absolute Gasteiger partial charge is 0.338 e. The average molecular weight is 276 g/mol. The number of amides is 1. The summed E-state index contributed by atoms with van der Waals surface area (Å²) in [5, 5.41) is 0. The Labute approximate surface area is 107 Å². The highest BCUT2D eigenvalue weighted by atomic mass is 19.4. The molecule has 104 valence electrons. The second kappa shape index (κ2) is 5.14. The summed E-state index contributed by atoms with van der Waals surface area (Å²) in [6.07, 6.45) is -3.99. The van der Waals surface area contributed by atoms with Crippen LogP contribution >= 0.6 is 0 Å². The molecule has 1 aromatic heterocycles. The molecule has 0 bridgehead atoms. The Balaban J connectivity index is 2.08. The summed E-state index contributed by atoms with van der Waals surface area (Å²) < 4.78 is 49.9. The van der Waals surface area contributed by atoms with E-state index in [4.69, 9.17) is 0 Å². The van der Waals surface area contributed by atoms with Gasteiger partial charge in [0.15, 0.2) is 0 Å². The number of nitrogens with zero attached hydrogens (tertiary/aromatic N) is 2. The molecule has 3 nitrogen and oxygen atoms in total. The van der Waals surface area contributed by atoms with Crippen LogP contribution < -0.4 is 0 Å². The Morgan fingerprint density at radius 1 is 1.26 bits per heavy atom. The van der Waals surface area contributed by atoms with Gasteiger partial charge in [-0.05, 0) is 25.0 Å². The summed E-state index contributed by atoms with van der Waals surface area (Å²) in [6, 6.07) is 1.87. The van der Waals surface area contributed by atoms with Gasteiger partial charge >= 0.3 is 6.18 Å². The van der Waals surface area contributed by atoms with Crippen molar-refractivity contribution in [1.29, 1.82) is 0 Å². The summed E-state index contributed by atoms with van der Waals surface area (Å²) in [6.45, 7) is 0.558. The van der Waals surface area contributed by atoms with E-state index < -0.39 is 23.9 Å². The Morgan fingerprint density at radius 3 is 2.37 bits per heavy atom. The molecule has 1 saturated heterocycles. The zero-order valence-corrected chi connectivity index (χ0v) is 9.95. The third kappa shape index (κ3) is 3.21. The Morgan fingerprint density at radius 2 is 1.89 bits per heavy atom. The molecule has 1 aliphatic heterocycles. The minimum absolute atomic E-state index is 0.0882. The summed E-state index contributed by atoms with van der Waals surface area (Å²) >= 11 is 0. The predicted octanol–water partition coefficient (Wildman–Crippen LogP) is 2.67. The highest BCUT2D eigenvalue weighted by molar-refractivity contribution is 5.94. The van der Waals surface area contributed by atoms with E-state index in [1.165, 1.54) is 4.90 Å². The van der Waals surface area contributed by atoms with Gasteiger partial charge in [-0.25, -0.2) is 4.39 Å². The molecule has 0 aliphatic carbocycles. The fourth-order valence-corrected chi connectivity index (χ4v) is 1.92. The lowest BCUT2D eigenvalue weighted by molar-refractivity contribution is -0.141. The van der Waals surface area contributed by atoms with E-state index in [1.54, 1.807) is 0 Å². The van der Waals surface area contributed by atoms with Gasteiger partial charge in [-0.3, -0.25) is 9.78 Å². The molecule has 0 unspecified atom stereocenters. The van der Waals surface area contributed by atoms with Crippen molar-refractivity contribution in [2.75, 3.05) is 13.1 Å². The van der Waals surface area contributed by atoms with Crippen molar-refractivity contribution in [1.82, 2.24) is 9.88 Å². The number of hydrogen-bond donors (Lipinski definition) is 0. The third-order valence-corrected chi connectivity index (χ3v) is 3.01. The van der Waals surface area contributed by atoms with E-state index in [1.807, 2.05) is 0 Å². The number of alkyl halides is 4. The van der Waals surface area contributed by atoms with Crippen molar-refractivity contribution < 1.29 is 22.4 Å². The fourth-order valence-electron chi connectivity index (χ4n) is 1.92. The van der Waals surface area contributed by atoms with Gasteiger partial charge in [-0.2, -0.15) is 13.2 Å². The molecule has 1 aromatic rings. The van der Waals surface area contributed by atoms with Crippen LogP contribution in [0.3, 0.4) is 0 Å². The van der Waals surface area contributed by atoms with Crippen LogP contribution in [0.15, 0.2) is 18.3 Å². The number of pyridine rings is 1. The topological polar surface area (TPSA) is 33.2 Å². The van der Waals surface area contributed by atoms with Gasteiger partial charge in [0.2, 0.25) is 0 Å². The van der Waals surface area contributed by atoms with Gasteiger partial charge in [-0.15, -0.1) is 0 Å². The van der Waals surface area contributed by atoms with Crippen molar-refractivity contribution >= 4 is 5.91 Å². The number of aromatic nitrogens is 1. The Bertz CT molecular complexity index is 450. The van der Waals surface area contributed by atoms with E-state index >= 15 is 0 Å². The van der Waals surface area contributed by atoms with E-state index in [9.17, 15) is 22.4 Å². The first-order chi connectivity index (χ1) is 8.88. The summed E-state index contributed by atoms with van der Waals surface area (Å²) in [5.41, 5.74) is -0.947. The van der Waals surface area contributed by atoms with Crippen molar-refractivity contribution in [3.8, 4) is 0 Å². The molecule has 0 N–H and O–H groups in total. The van der Waals surface area contributed by atoms with Crippen LogP contribution in [0.1, 0.15) is 28.9 Å². The molecule has 0 atom stereocenters. The number of hydrogen-bond acceptors (Lipinski definition) is 2. The molecule has 0 aromatic carbocycles. The van der Waals surface area contributed by atoms with Crippen LogP contribution in [0.4, 0.5) is 17.6 Å². The summed E-state index contributed by atoms with van der Waals surface area (Å²) in [5.74, 6) is -0.409. The molecular formula is C12H12F4N2O. The van der Waals surface area contributed by atoms with Gasteiger partial charge in [0.05, 0.1) is 5.56 Å². The normalized spacial score (nSPS) is 17.6. The van der Waals surface area contributed by atoms with Crippen LogP contribution in [0.2, 0.25) is 0 Å². The molecule has 19 heavy (non-hydrogen) atoms. The lowest BCUT2D eigenvalue weighted by Gasteiger charge is -2.28. The van der Waals surface area contributed by atoms with Crippen LogP contribution in [0.5, 0.6) is 0 Å². The minimum Gasteiger partial charge on any atom is -0.338 e. The number of piperidine rings is 1. The SMILES string of the molecule is O=C(c1ccc(C(F)(F)F)nc1)N1CCC(F)CC1. The summed E-state index contributed by atoms with van der Waals surface area (Å²) in [7, 11) is 0. The zero-order valence-electron chi connectivity index (χ0n) is 9.95. The van der Waals surface area contributed by atoms with Gasteiger partial charge in [0.1, 0.15) is 11.9 Å². The number of halogens is 4. The minimum atomic E-state index is -4.52. The maximum absolute atomic E-state index is 12.9. The van der Waals surface area contributed by atoms with Gasteiger partial charge in [0.25, 0.3) is 5.91 Å². The average Bonchev–Trinajstić information content (AvgIpc) is 2.38. The molecule has 7 heteroatoms. The standard InChI is InChI=1S/C12H12F4N2O/c13-9-3-5-18(6-4-9)11(19)8-1-2-10(17-7-8)12(14,15)16/h1-2,7,9H,3-6H2. The van der Waals surface area contributed by atoms with E-state index in [0.717, 1.165) is 18.3 Å². The lowest BCUT2D eigenvalue weighted by atomic mass is 10.1. The maximum atomic E-state index is 12.9. The zero-order chi connectivity index (χ0) is 14.0. The Kier molecular flexibility index (Phi) is 3.73. The van der Waals surface area contributed by atoms with Crippen molar-refractivity contribution in [2.24, 2.45) is 0 Å².